The van der Waals surface area contributed by atoms with E-state index in [9.17, 15) is 0 Å². The van der Waals surface area contributed by atoms with Gasteiger partial charge in [-0.1, -0.05) is 26.0 Å². The average molecular weight is 277 g/mol. The van der Waals surface area contributed by atoms with Gasteiger partial charge >= 0.3 is 0 Å². The van der Waals surface area contributed by atoms with Crippen LogP contribution in [0.2, 0.25) is 0 Å². The Hall–Kier alpha value is -1.06. The van der Waals surface area contributed by atoms with Gasteiger partial charge in [0.1, 0.15) is 11.9 Å². The molecule has 0 heterocycles. The van der Waals surface area contributed by atoms with Crippen molar-refractivity contribution in [1.29, 1.82) is 0 Å². The van der Waals surface area contributed by atoms with Crippen LogP contribution in [0.25, 0.3) is 0 Å². The second-order valence-electron chi connectivity index (χ2n) is 6.11. The molecule has 1 aromatic carbocycles. The van der Waals surface area contributed by atoms with Crippen molar-refractivity contribution in [2.24, 2.45) is 11.8 Å². The predicted octanol–water partition coefficient (Wildman–Crippen LogP) is 3.23. The minimum absolute atomic E-state index is 0.244. The summed E-state index contributed by atoms with van der Waals surface area (Å²) in [6.07, 6.45) is 2.66. The molecule has 0 amide bonds. The summed E-state index contributed by atoms with van der Waals surface area (Å²) in [6.45, 7) is 5.25. The molecule has 4 atom stereocenters. The molecule has 3 heteroatoms. The third kappa shape index (κ3) is 3.74. The van der Waals surface area contributed by atoms with Gasteiger partial charge in [-0.15, -0.1) is 0 Å². The lowest BCUT2D eigenvalue weighted by Crippen LogP contribution is -2.49. The largest absolute Gasteiger partial charge is 0.489 e. The summed E-state index contributed by atoms with van der Waals surface area (Å²) < 4.78 is 11.5. The zero-order valence-corrected chi connectivity index (χ0v) is 13.1. The standard InChI is InChI=1S/C17H27NO2/c1-12-8-13(2)17(16(9-12)18-3)20-15-7-5-6-14(10-15)11-19-4/h5-7,10,12-13,16-18H,8-9,11H2,1-4H3. The number of hydrogen-bond donors (Lipinski definition) is 1. The topological polar surface area (TPSA) is 30.5 Å². The van der Waals surface area contributed by atoms with E-state index in [0.29, 0.717) is 18.6 Å². The summed E-state index contributed by atoms with van der Waals surface area (Å²) in [6, 6.07) is 8.66. The predicted molar refractivity (Wildman–Crippen MR) is 82.0 cm³/mol. The van der Waals surface area contributed by atoms with Crippen molar-refractivity contribution in [3.8, 4) is 5.75 Å². The number of hydrogen-bond acceptors (Lipinski definition) is 3. The number of rotatable bonds is 5. The van der Waals surface area contributed by atoms with Crippen molar-refractivity contribution in [3.05, 3.63) is 29.8 Å². The Labute approximate surface area is 122 Å². The molecule has 1 saturated carbocycles. The molecule has 0 bridgehead atoms. The van der Waals surface area contributed by atoms with E-state index in [4.69, 9.17) is 9.47 Å². The second kappa shape index (κ2) is 7.09. The van der Waals surface area contributed by atoms with E-state index in [1.165, 1.54) is 12.8 Å². The second-order valence-corrected chi connectivity index (χ2v) is 6.11. The van der Waals surface area contributed by atoms with Gasteiger partial charge in [-0.25, -0.2) is 0 Å². The Kier molecular flexibility index (Phi) is 5.44. The van der Waals surface area contributed by atoms with Crippen LogP contribution >= 0.6 is 0 Å². The van der Waals surface area contributed by atoms with Gasteiger partial charge in [-0.05, 0) is 49.4 Å². The molecular weight excluding hydrogens is 250 g/mol. The van der Waals surface area contributed by atoms with Crippen molar-refractivity contribution in [2.45, 2.75) is 45.4 Å². The molecule has 1 aliphatic rings. The van der Waals surface area contributed by atoms with E-state index in [-0.39, 0.29) is 6.10 Å². The number of ether oxygens (including phenoxy) is 2. The maximum atomic E-state index is 6.29. The first-order valence-corrected chi connectivity index (χ1v) is 7.55. The lowest BCUT2D eigenvalue weighted by Gasteiger charge is -2.39. The molecule has 1 aliphatic carbocycles. The molecule has 0 spiro atoms. The van der Waals surface area contributed by atoms with Crippen LogP contribution in [0.4, 0.5) is 0 Å². The van der Waals surface area contributed by atoms with Crippen molar-refractivity contribution in [3.63, 3.8) is 0 Å². The third-order valence-corrected chi connectivity index (χ3v) is 4.24. The van der Waals surface area contributed by atoms with Crippen LogP contribution in [0.3, 0.4) is 0 Å². The molecule has 0 saturated heterocycles. The van der Waals surface area contributed by atoms with Gasteiger partial charge in [0.15, 0.2) is 0 Å². The zero-order valence-electron chi connectivity index (χ0n) is 13.1. The maximum Gasteiger partial charge on any atom is 0.120 e. The molecule has 0 radical (unpaired) electrons. The highest BCUT2D eigenvalue weighted by molar-refractivity contribution is 5.28. The van der Waals surface area contributed by atoms with E-state index in [0.717, 1.165) is 17.2 Å². The van der Waals surface area contributed by atoms with Crippen molar-refractivity contribution < 1.29 is 9.47 Å². The van der Waals surface area contributed by atoms with Crippen LogP contribution in [-0.2, 0) is 11.3 Å². The Morgan fingerprint density at radius 3 is 2.75 bits per heavy atom. The van der Waals surface area contributed by atoms with Gasteiger partial charge in [0.2, 0.25) is 0 Å². The van der Waals surface area contributed by atoms with Crippen LogP contribution < -0.4 is 10.1 Å². The quantitative estimate of drug-likeness (QED) is 0.896. The lowest BCUT2D eigenvalue weighted by atomic mass is 9.78. The van der Waals surface area contributed by atoms with Gasteiger partial charge in [0.05, 0.1) is 6.61 Å². The van der Waals surface area contributed by atoms with Gasteiger partial charge in [0, 0.05) is 13.2 Å². The zero-order chi connectivity index (χ0) is 14.5. The molecule has 3 nitrogen and oxygen atoms in total. The molecule has 4 unspecified atom stereocenters. The van der Waals surface area contributed by atoms with Crippen LogP contribution in [0.15, 0.2) is 24.3 Å². The molecule has 0 aliphatic heterocycles. The fourth-order valence-corrected chi connectivity index (χ4v) is 3.34. The van der Waals surface area contributed by atoms with E-state index in [2.05, 4.69) is 31.3 Å². The van der Waals surface area contributed by atoms with Crippen LogP contribution in [0.5, 0.6) is 5.75 Å². The molecule has 1 aromatic rings. The van der Waals surface area contributed by atoms with Gasteiger partial charge < -0.3 is 14.8 Å². The monoisotopic (exact) mass is 277 g/mol. The summed E-state index contributed by atoms with van der Waals surface area (Å²) in [4.78, 5) is 0. The number of benzene rings is 1. The highest BCUT2D eigenvalue weighted by Crippen LogP contribution is 2.32. The van der Waals surface area contributed by atoms with Crippen LogP contribution in [0.1, 0.15) is 32.3 Å². The summed E-state index contributed by atoms with van der Waals surface area (Å²) in [5.74, 6) is 2.29. The molecule has 20 heavy (non-hydrogen) atoms. The highest BCUT2D eigenvalue weighted by atomic mass is 16.5. The third-order valence-electron chi connectivity index (χ3n) is 4.24. The van der Waals surface area contributed by atoms with Crippen molar-refractivity contribution in [2.75, 3.05) is 14.2 Å². The minimum Gasteiger partial charge on any atom is -0.489 e. The van der Waals surface area contributed by atoms with Crippen LogP contribution in [0, 0.1) is 11.8 Å². The van der Waals surface area contributed by atoms with E-state index in [1.54, 1.807) is 7.11 Å². The molecule has 1 fully saturated rings. The maximum absolute atomic E-state index is 6.29. The first kappa shape index (κ1) is 15.3. The first-order valence-electron chi connectivity index (χ1n) is 7.55. The summed E-state index contributed by atoms with van der Waals surface area (Å²) in [5.41, 5.74) is 1.16. The molecule has 112 valence electrons. The van der Waals surface area contributed by atoms with E-state index >= 15 is 0 Å². The summed E-state index contributed by atoms with van der Waals surface area (Å²) >= 11 is 0. The smallest absolute Gasteiger partial charge is 0.120 e. The summed E-state index contributed by atoms with van der Waals surface area (Å²) in [5, 5.41) is 3.43. The Balaban J connectivity index is 2.08. The Morgan fingerprint density at radius 1 is 1.25 bits per heavy atom. The van der Waals surface area contributed by atoms with Crippen LogP contribution in [-0.4, -0.2) is 26.3 Å². The fourth-order valence-electron chi connectivity index (χ4n) is 3.34. The number of likely N-dealkylation sites (N-methyl/N-ethyl adjacent to an activating group) is 1. The van der Waals surface area contributed by atoms with Gasteiger partial charge in [-0.2, -0.15) is 0 Å². The van der Waals surface area contributed by atoms with Gasteiger partial charge in [0.25, 0.3) is 0 Å². The Bertz CT molecular complexity index is 421. The molecular formula is C17H27NO2. The summed E-state index contributed by atoms with van der Waals surface area (Å²) in [7, 11) is 3.75. The minimum atomic E-state index is 0.244. The Morgan fingerprint density at radius 2 is 2.05 bits per heavy atom. The fraction of sp³-hybridized carbons (Fsp3) is 0.647. The number of nitrogens with one attached hydrogen (secondary N) is 1. The highest BCUT2D eigenvalue weighted by Gasteiger charge is 2.34. The average Bonchev–Trinajstić information content (AvgIpc) is 2.42. The SMILES string of the molecule is CNC1CC(C)CC(C)C1Oc1cccc(COC)c1. The molecule has 0 aromatic heterocycles. The molecule has 2 rings (SSSR count). The number of methoxy groups -OCH3 is 1. The molecule has 1 N–H and O–H groups in total. The van der Waals surface area contributed by atoms with E-state index < -0.39 is 0 Å². The van der Waals surface area contributed by atoms with Gasteiger partial charge in [-0.3, -0.25) is 0 Å². The normalized spacial score (nSPS) is 30.2. The van der Waals surface area contributed by atoms with Crippen molar-refractivity contribution >= 4 is 0 Å². The lowest BCUT2D eigenvalue weighted by molar-refractivity contribution is 0.0505. The van der Waals surface area contributed by atoms with Crippen molar-refractivity contribution in [1.82, 2.24) is 5.32 Å². The van der Waals surface area contributed by atoms with E-state index in [1.807, 2.05) is 19.2 Å². The first-order chi connectivity index (χ1) is 9.63.